The van der Waals surface area contributed by atoms with Crippen LogP contribution in [0.25, 0.3) is 0 Å². The quantitative estimate of drug-likeness (QED) is 0.839. The summed E-state index contributed by atoms with van der Waals surface area (Å²) in [5.41, 5.74) is 7.03. The van der Waals surface area contributed by atoms with Crippen molar-refractivity contribution >= 4 is 5.91 Å². The number of hydrogen-bond acceptors (Lipinski definition) is 3. The average Bonchev–Trinajstić information content (AvgIpc) is 2.38. The van der Waals surface area contributed by atoms with E-state index in [9.17, 15) is 4.79 Å². The van der Waals surface area contributed by atoms with Gasteiger partial charge < -0.3 is 15.4 Å². The molecule has 4 heteroatoms. The van der Waals surface area contributed by atoms with Crippen molar-refractivity contribution in [3.05, 3.63) is 29.8 Å². The van der Waals surface area contributed by atoms with Gasteiger partial charge in [-0.2, -0.15) is 0 Å². The Morgan fingerprint density at radius 3 is 2.44 bits per heavy atom. The lowest BCUT2D eigenvalue weighted by atomic mass is 10.1. The van der Waals surface area contributed by atoms with Gasteiger partial charge in [-0.1, -0.05) is 19.1 Å². The maximum atomic E-state index is 11.3. The van der Waals surface area contributed by atoms with Gasteiger partial charge in [0.1, 0.15) is 5.75 Å². The molecule has 0 saturated heterocycles. The second-order valence-electron chi connectivity index (χ2n) is 4.47. The number of amides is 1. The molecule has 0 fully saturated rings. The van der Waals surface area contributed by atoms with Crippen LogP contribution in [0.3, 0.4) is 0 Å². The molecule has 2 N–H and O–H groups in total. The van der Waals surface area contributed by atoms with Crippen molar-refractivity contribution in [3.8, 4) is 5.75 Å². The van der Waals surface area contributed by atoms with E-state index in [0.717, 1.165) is 17.7 Å². The van der Waals surface area contributed by atoms with Gasteiger partial charge in [0, 0.05) is 20.1 Å². The third kappa shape index (κ3) is 4.37. The van der Waals surface area contributed by atoms with Crippen molar-refractivity contribution in [2.45, 2.75) is 25.8 Å². The minimum Gasteiger partial charge on any atom is -0.493 e. The molecule has 1 amide bonds. The van der Waals surface area contributed by atoms with Gasteiger partial charge in [-0.05, 0) is 24.1 Å². The largest absolute Gasteiger partial charge is 0.493 e. The molecule has 1 aromatic carbocycles. The van der Waals surface area contributed by atoms with Gasteiger partial charge in [0.2, 0.25) is 5.91 Å². The summed E-state index contributed by atoms with van der Waals surface area (Å²) in [4.78, 5) is 12.9. The summed E-state index contributed by atoms with van der Waals surface area (Å²) in [7, 11) is 3.48. The maximum absolute atomic E-state index is 11.3. The summed E-state index contributed by atoms with van der Waals surface area (Å²) >= 11 is 0. The van der Waals surface area contributed by atoms with Crippen LogP contribution in [0, 0.1) is 0 Å². The Balaban J connectivity index is 2.42. The highest BCUT2D eigenvalue weighted by Gasteiger charge is 2.05. The van der Waals surface area contributed by atoms with Crippen molar-refractivity contribution in [2.24, 2.45) is 5.73 Å². The first-order chi connectivity index (χ1) is 8.54. The van der Waals surface area contributed by atoms with Gasteiger partial charge in [0.25, 0.3) is 0 Å². The number of benzene rings is 1. The third-order valence-corrected chi connectivity index (χ3v) is 2.83. The molecule has 100 valence electrons. The lowest BCUT2D eigenvalue weighted by Crippen LogP contribution is -2.23. The fourth-order valence-corrected chi connectivity index (χ4v) is 1.53. The molecule has 0 radical (unpaired) electrons. The first kappa shape index (κ1) is 14.5. The molecule has 4 nitrogen and oxygen atoms in total. The molecule has 0 aliphatic carbocycles. The van der Waals surface area contributed by atoms with Crippen molar-refractivity contribution in [1.29, 1.82) is 0 Å². The van der Waals surface area contributed by atoms with E-state index in [1.807, 2.05) is 24.3 Å². The standard InChI is InChI=1S/C14H22N2O2/c1-4-13(15)11-5-7-12(8-6-11)18-10-9-14(17)16(2)3/h5-8,13H,4,9-10,15H2,1-3H3. The summed E-state index contributed by atoms with van der Waals surface area (Å²) in [6.45, 7) is 2.46. The molecule has 0 bridgehead atoms. The fourth-order valence-electron chi connectivity index (χ4n) is 1.53. The summed E-state index contributed by atoms with van der Waals surface area (Å²) in [5, 5.41) is 0. The van der Waals surface area contributed by atoms with Crippen LogP contribution in [-0.2, 0) is 4.79 Å². The predicted octanol–water partition coefficient (Wildman–Crippen LogP) is 1.95. The van der Waals surface area contributed by atoms with Crippen LogP contribution in [-0.4, -0.2) is 31.5 Å². The van der Waals surface area contributed by atoms with Crippen LogP contribution in [0.5, 0.6) is 5.75 Å². The van der Waals surface area contributed by atoms with Crippen LogP contribution in [0.4, 0.5) is 0 Å². The number of nitrogens with zero attached hydrogens (tertiary/aromatic N) is 1. The Morgan fingerprint density at radius 1 is 1.33 bits per heavy atom. The van der Waals surface area contributed by atoms with E-state index in [1.165, 1.54) is 0 Å². The van der Waals surface area contributed by atoms with E-state index < -0.39 is 0 Å². The first-order valence-electron chi connectivity index (χ1n) is 6.23. The number of hydrogen-bond donors (Lipinski definition) is 1. The van der Waals surface area contributed by atoms with Gasteiger partial charge in [0.05, 0.1) is 13.0 Å². The molecule has 1 unspecified atom stereocenters. The SMILES string of the molecule is CCC(N)c1ccc(OCCC(=O)N(C)C)cc1. The molecule has 0 aromatic heterocycles. The average molecular weight is 250 g/mol. The van der Waals surface area contributed by atoms with Gasteiger partial charge in [-0.3, -0.25) is 4.79 Å². The van der Waals surface area contributed by atoms with Crippen LogP contribution in [0.15, 0.2) is 24.3 Å². The van der Waals surface area contributed by atoms with Crippen molar-refractivity contribution in [1.82, 2.24) is 4.90 Å². The van der Waals surface area contributed by atoms with Crippen molar-refractivity contribution in [2.75, 3.05) is 20.7 Å². The molecule has 1 aromatic rings. The zero-order chi connectivity index (χ0) is 13.5. The zero-order valence-corrected chi connectivity index (χ0v) is 11.3. The smallest absolute Gasteiger partial charge is 0.225 e. The molecule has 1 rings (SSSR count). The second-order valence-corrected chi connectivity index (χ2v) is 4.47. The van der Waals surface area contributed by atoms with E-state index in [-0.39, 0.29) is 11.9 Å². The Hall–Kier alpha value is -1.55. The van der Waals surface area contributed by atoms with E-state index in [4.69, 9.17) is 10.5 Å². The maximum Gasteiger partial charge on any atom is 0.225 e. The van der Waals surface area contributed by atoms with Crippen LogP contribution >= 0.6 is 0 Å². The lowest BCUT2D eigenvalue weighted by molar-refractivity contribution is -0.129. The zero-order valence-electron chi connectivity index (χ0n) is 11.3. The topological polar surface area (TPSA) is 55.6 Å². The summed E-state index contributed by atoms with van der Waals surface area (Å²) < 4.78 is 5.51. The summed E-state index contributed by atoms with van der Waals surface area (Å²) in [5.74, 6) is 0.841. The van der Waals surface area contributed by atoms with E-state index in [0.29, 0.717) is 13.0 Å². The van der Waals surface area contributed by atoms with Gasteiger partial charge in [-0.25, -0.2) is 0 Å². The second kappa shape index (κ2) is 7.01. The Morgan fingerprint density at radius 2 is 1.94 bits per heavy atom. The molecule has 1 atom stereocenters. The highest BCUT2D eigenvalue weighted by Crippen LogP contribution is 2.18. The number of ether oxygens (including phenoxy) is 1. The van der Waals surface area contributed by atoms with Gasteiger partial charge in [0.15, 0.2) is 0 Å². The normalized spacial score (nSPS) is 12.0. The highest BCUT2D eigenvalue weighted by molar-refractivity contribution is 5.75. The van der Waals surface area contributed by atoms with E-state index in [1.54, 1.807) is 19.0 Å². The molecule has 18 heavy (non-hydrogen) atoms. The van der Waals surface area contributed by atoms with E-state index >= 15 is 0 Å². The summed E-state index contributed by atoms with van der Waals surface area (Å²) in [6.07, 6.45) is 1.31. The van der Waals surface area contributed by atoms with E-state index in [2.05, 4.69) is 6.92 Å². The monoisotopic (exact) mass is 250 g/mol. The molecule has 0 heterocycles. The third-order valence-electron chi connectivity index (χ3n) is 2.83. The Bertz CT molecular complexity index is 374. The minimum absolute atomic E-state index is 0.0691. The van der Waals surface area contributed by atoms with Crippen molar-refractivity contribution < 1.29 is 9.53 Å². The Kier molecular flexibility index (Phi) is 5.65. The fraction of sp³-hybridized carbons (Fsp3) is 0.500. The van der Waals surface area contributed by atoms with Crippen molar-refractivity contribution in [3.63, 3.8) is 0 Å². The van der Waals surface area contributed by atoms with Gasteiger partial charge >= 0.3 is 0 Å². The van der Waals surface area contributed by atoms with Crippen LogP contribution in [0.1, 0.15) is 31.4 Å². The minimum atomic E-state index is 0.0691. The summed E-state index contributed by atoms with van der Waals surface area (Å²) in [6, 6.07) is 7.80. The predicted molar refractivity (Wildman–Crippen MR) is 72.5 cm³/mol. The Labute approximate surface area is 109 Å². The molecular formula is C14H22N2O2. The lowest BCUT2D eigenvalue weighted by Gasteiger charge is -2.12. The molecular weight excluding hydrogens is 228 g/mol. The molecule has 0 saturated carbocycles. The highest BCUT2D eigenvalue weighted by atomic mass is 16.5. The number of rotatable bonds is 6. The molecule has 0 aliphatic rings. The first-order valence-corrected chi connectivity index (χ1v) is 6.23. The van der Waals surface area contributed by atoms with Crippen LogP contribution in [0.2, 0.25) is 0 Å². The molecule has 0 aliphatic heterocycles. The number of nitrogens with two attached hydrogens (primary N) is 1. The van der Waals surface area contributed by atoms with Gasteiger partial charge in [-0.15, -0.1) is 0 Å². The van der Waals surface area contributed by atoms with Crippen LogP contribution < -0.4 is 10.5 Å². The molecule has 0 spiro atoms. The number of carbonyl (C=O) groups excluding carboxylic acids is 1. The number of carbonyl (C=O) groups is 1.